The van der Waals surface area contributed by atoms with E-state index < -0.39 is 12.1 Å². The molecule has 0 aromatic heterocycles. The summed E-state index contributed by atoms with van der Waals surface area (Å²) in [6.45, 7) is 3.86. The lowest BCUT2D eigenvalue weighted by molar-refractivity contribution is -0.138. The first-order valence-corrected chi connectivity index (χ1v) is 8.12. The minimum Gasteiger partial charge on any atom is -0.491 e. The molecule has 2 aromatic rings. The highest BCUT2D eigenvalue weighted by atomic mass is 16.5. The van der Waals surface area contributed by atoms with E-state index in [2.05, 4.69) is 0 Å². The predicted octanol–water partition coefficient (Wildman–Crippen LogP) is 3.46. The van der Waals surface area contributed by atoms with Gasteiger partial charge in [0.25, 0.3) is 5.91 Å². The number of ether oxygens (including phenoxy) is 2. The van der Waals surface area contributed by atoms with E-state index >= 15 is 0 Å². The Balaban J connectivity index is 2.18. The first-order valence-electron chi connectivity index (χ1n) is 8.12. The third kappa shape index (κ3) is 5.08. The molecule has 0 aliphatic rings. The molecule has 0 aliphatic heterocycles. The van der Waals surface area contributed by atoms with E-state index in [0.717, 1.165) is 0 Å². The van der Waals surface area contributed by atoms with Gasteiger partial charge in [-0.1, -0.05) is 30.3 Å². The van der Waals surface area contributed by atoms with Gasteiger partial charge >= 0.3 is 5.97 Å². The fourth-order valence-electron chi connectivity index (χ4n) is 2.24. The molecule has 132 valence electrons. The van der Waals surface area contributed by atoms with Crippen LogP contribution >= 0.6 is 0 Å². The molecule has 2 rings (SSSR count). The second-order valence-electron chi connectivity index (χ2n) is 6.12. The SMILES string of the molecule is CC(C)Oc1ccc(C(=O)O[C@@H](C(=O)N(C)C)c2ccccc2)cc1. The zero-order chi connectivity index (χ0) is 18.4. The fraction of sp³-hybridized carbons (Fsp3) is 0.300. The van der Waals surface area contributed by atoms with Crippen molar-refractivity contribution in [3.8, 4) is 5.75 Å². The van der Waals surface area contributed by atoms with Crippen LogP contribution in [0.25, 0.3) is 0 Å². The monoisotopic (exact) mass is 341 g/mol. The Kier molecular flexibility index (Phi) is 6.17. The molecule has 0 bridgehead atoms. The predicted molar refractivity (Wildman–Crippen MR) is 95.5 cm³/mol. The lowest BCUT2D eigenvalue weighted by atomic mass is 10.1. The number of amides is 1. The Morgan fingerprint density at radius 3 is 2.04 bits per heavy atom. The van der Waals surface area contributed by atoms with Gasteiger partial charge in [0.1, 0.15) is 5.75 Å². The highest BCUT2D eigenvalue weighted by molar-refractivity contribution is 5.92. The Morgan fingerprint density at radius 2 is 1.52 bits per heavy atom. The summed E-state index contributed by atoms with van der Waals surface area (Å²) in [4.78, 5) is 26.3. The Bertz CT molecular complexity index is 708. The topological polar surface area (TPSA) is 55.8 Å². The zero-order valence-corrected chi connectivity index (χ0v) is 14.9. The molecular formula is C20H23NO4. The number of likely N-dealkylation sites (N-methyl/N-ethyl adjacent to an activating group) is 1. The summed E-state index contributed by atoms with van der Waals surface area (Å²) in [5.41, 5.74) is 0.998. The molecule has 0 saturated heterocycles. The Morgan fingerprint density at radius 1 is 0.920 bits per heavy atom. The second-order valence-corrected chi connectivity index (χ2v) is 6.12. The van der Waals surface area contributed by atoms with Crippen molar-refractivity contribution in [2.75, 3.05) is 14.1 Å². The van der Waals surface area contributed by atoms with Gasteiger partial charge in [-0.3, -0.25) is 4.79 Å². The van der Waals surface area contributed by atoms with Gasteiger partial charge in [0.15, 0.2) is 0 Å². The van der Waals surface area contributed by atoms with Gasteiger partial charge in [-0.05, 0) is 38.1 Å². The summed E-state index contributed by atoms with van der Waals surface area (Å²) < 4.78 is 11.1. The molecule has 0 saturated carbocycles. The maximum Gasteiger partial charge on any atom is 0.339 e. The van der Waals surface area contributed by atoms with Crippen molar-refractivity contribution in [3.05, 3.63) is 65.7 Å². The van der Waals surface area contributed by atoms with Crippen molar-refractivity contribution in [1.29, 1.82) is 0 Å². The maximum absolute atomic E-state index is 12.5. The molecule has 5 heteroatoms. The lowest BCUT2D eigenvalue weighted by Gasteiger charge is -2.21. The quantitative estimate of drug-likeness (QED) is 0.755. The summed E-state index contributed by atoms with van der Waals surface area (Å²) >= 11 is 0. The Hall–Kier alpha value is -2.82. The average molecular weight is 341 g/mol. The molecular weight excluding hydrogens is 318 g/mol. The number of carbonyl (C=O) groups is 2. The maximum atomic E-state index is 12.5. The van der Waals surface area contributed by atoms with Crippen LogP contribution in [0.15, 0.2) is 54.6 Å². The fourth-order valence-corrected chi connectivity index (χ4v) is 2.24. The normalized spacial score (nSPS) is 11.7. The molecule has 0 heterocycles. The summed E-state index contributed by atoms with van der Waals surface area (Å²) in [7, 11) is 3.26. The third-order valence-corrected chi connectivity index (χ3v) is 3.45. The van der Waals surface area contributed by atoms with Gasteiger partial charge in [-0.25, -0.2) is 4.79 Å². The first kappa shape index (κ1) is 18.5. The number of benzene rings is 2. The third-order valence-electron chi connectivity index (χ3n) is 3.45. The highest BCUT2D eigenvalue weighted by Crippen LogP contribution is 2.22. The van der Waals surface area contributed by atoms with Crippen LogP contribution in [0.4, 0.5) is 0 Å². The average Bonchev–Trinajstić information content (AvgIpc) is 2.59. The number of esters is 1. The molecule has 0 radical (unpaired) electrons. The smallest absolute Gasteiger partial charge is 0.339 e. The second kappa shape index (κ2) is 8.33. The minimum absolute atomic E-state index is 0.0537. The van der Waals surface area contributed by atoms with E-state index in [1.165, 1.54) is 4.90 Å². The van der Waals surface area contributed by atoms with Crippen molar-refractivity contribution in [1.82, 2.24) is 4.90 Å². The molecule has 0 unspecified atom stereocenters. The van der Waals surface area contributed by atoms with Crippen molar-refractivity contribution < 1.29 is 19.1 Å². The molecule has 5 nitrogen and oxygen atoms in total. The molecule has 0 fully saturated rings. The van der Waals surface area contributed by atoms with E-state index in [9.17, 15) is 9.59 Å². The van der Waals surface area contributed by atoms with Crippen LogP contribution in [0, 0.1) is 0 Å². The van der Waals surface area contributed by atoms with Crippen molar-refractivity contribution in [2.45, 2.75) is 26.1 Å². The van der Waals surface area contributed by atoms with E-state index in [0.29, 0.717) is 16.9 Å². The van der Waals surface area contributed by atoms with Gasteiger partial charge in [0.2, 0.25) is 6.10 Å². The molecule has 0 spiro atoms. The number of hydrogen-bond acceptors (Lipinski definition) is 4. The van der Waals surface area contributed by atoms with Crippen LogP contribution in [0.5, 0.6) is 5.75 Å². The molecule has 0 N–H and O–H groups in total. The van der Waals surface area contributed by atoms with Gasteiger partial charge in [0.05, 0.1) is 11.7 Å². The summed E-state index contributed by atoms with van der Waals surface area (Å²) in [5.74, 6) is -0.171. The van der Waals surface area contributed by atoms with Crippen LogP contribution < -0.4 is 4.74 Å². The largest absolute Gasteiger partial charge is 0.491 e. The van der Waals surface area contributed by atoms with Crippen LogP contribution in [-0.4, -0.2) is 37.0 Å². The van der Waals surface area contributed by atoms with Crippen LogP contribution in [0.3, 0.4) is 0 Å². The Labute approximate surface area is 148 Å². The van der Waals surface area contributed by atoms with Crippen LogP contribution in [0.1, 0.15) is 35.9 Å². The van der Waals surface area contributed by atoms with E-state index in [-0.39, 0.29) is 12.0 Å². The molecule has 2 aromatic carbocycles. The number of rotatable bonds is 6. The standard InChI is InChI=1S/C20H23NO4/c1-14(2)24-17-12-10-16(11-13-17)20(23)25-18(19(22)21(3)4)15-8-6-5-7-9-15/h5-14,18H,1-4H3/t18-/m1/s1. The number of carbonyl (C=O) groups excluding carboxylic acids is 2. The minimum atomic E-state index is -0.977. The van der Waals surface area contributed by atoms with Crippen LogP contribution in [0.2, 0.25) is 0 Å². The van der Waals surface area contributed by atoms with E-state index in [4.69, 9.17) is 9.47 Å². The van der Waals surface area contributed by atoms with Gasteiger partial charge in [0, 0.05) is 19.7 Å². The van der Waals surface area contributed by atoms with Crippen molar-refractivity contribution >= 4 is 11.9 Å². The number of hydrogen-bond donors (Lipinski definition) is 0. The molecule has 25 heavy (non-hydrogen) atoms. The lowest BCUT2D eigenvalue weighted by Crippen LogP contribution is -2.31. The molecule has 1 amide bonds. The molecule has 0 aliphatic carbocycles. The van der Waals surface area contributed by atoms with Crippen molar-refractivity contribution in [2.24, 2.45) is 0 Å². The highest BCUT2D eigenvalue weighted by Gasteiger charge is 2.26. The number of nitrogens with zero attached hydrogens (tertiary/aromatic N) is 1. The summed E-state index contributed by atoms with van der Waals surface area (Å²) in [5, 5.41) is 0. The summed E-state index contributed by atoms with van der Waals surface area (Å²) in [6.07, 6.45) is -0.923. The summed E-state index contributed by atoms with van der Waals surface area (Å²) in [6, 6.07) is 15.6. The van der Waals surface area contributed by atoms with Crippen LogP contribution in [-0.2, 0) is 9.53 Å². The van der Waals surface area contributed by atoms with E-state index in [1.54, 1.807) is 62.6 Å². The van der Waals surface area contributed by atoms with Gasteiger partial charge < -0.3 is 14.4 Å². The molecule has 1 atom stereocenters. The van der Waals surface area contributed by atoms with Crippen molar-refractivity contribution in [3.63, 3.8) is 0 Å². The van der Waals surface area contributed by atoms with Gasteiger partial charge in [-0.15, -0.1) is 0 Å². The van der Waals surface area contributed by atoms with Gasteiger partial charge in [-0.2, -0.15) is 0 Å². The van der Waals surface area contributed by atoms with E-state index in [1.807, 2.05) is 19.9 Å². The zero-order valence-electron chi connectivity index (χ0n) is 14.9. The first-order chi connectivity index (χ1) is 11.9.